The van der Waals surface area contributed by atoms with Crippen molar-refractivity contribution in [1.82, 2.24) is 0 Å². The molecule has 0 fully saturated rings. The van der Waals surface area contributed by atoms with E-state index in [0.29, 0.717) is 11.4 Å². The fraction of sp³-hybridized carbons (Fsp3) is 0.200. The van der Waals surface area contributed by atoms with E-state index in [1.165, 1.54) is 0 Å². The minimum atomic E-state index is -3.70. The average Bonchev–Trinajstić information content (AvgIpc) is 2.60. The zero-order chi connectivity index (χ0) is 18.7. The Kier molecular flexibility index (Phi) is 5.04. The molecule has 0 heterocycles. The lowest BCUT2D eigenvalue weighted by molar-refractivity contribution is 0.242. The highest BCUT2D eigenvalue weighted by molar-refractivity contribution is 7.92. The van der Waals surface area contributed by atoms with Crippen LogP contribution in [0.1, 0.15) is 13.8 Å². The van der Waals surface area contributed by atoms with E-state index in [1.807, 2.05) is 26.0 Å². The van der Waals surface area contributed by atoms with Gasteiger partial charge in [0.05, 0.1) is 23.8 Å². The van der Waals surface area contributed by atoms with E-state index in [4.69, 9.17) is 9.47 Å². The molecule has 0 aliphatic rings. The van der Waals surface area contributed by atoms with E-state index in [9.17, 15) is 8.42 Å². The summed E-state index contributed by atoms with van der Waals surface area (Å²) in [5, 5.41) is 1.74. The molecular formula is C20H21NO4S. The molecule has 0 amide bonds. The first-order chi connectivity index (χ1) is 12.4. The molecule has 0 saturated heterocycles. The van der Waals surface area contributed by atoms with Gasteiger partial charge in [-0.25, -0.2) is 8.42 Å². The Labute approximate surface area is 153 Å². The number of benzene rings is 3. The highest BCUT2D eigenvalue weighted by atomic mass is 32.2. The van der Waals surface area contributed by atoms with Crippen molar-refractivity contribution in [3.05, 3.63) is 60.7 Å². The minimum Gasteiger partial charge on any atom is -0.497 e. The number of methoxy groups -OCH3 is 1. The second-order valence-electron chi connectivity index (χ2n) is 6.17. The molecule has 3 aromatic carbocycles. The van der Waals surface area contributed by atoms with Crippen LogP contribution in [-0.2, 0) is 10.0 Å². The topological polar surface area (TPSA) is 64.6 Å². The molecular weight excluding hydrogens is 350 g/mol. The Balaban J connectivity index is 1.89. The van der Waals surface area contributed by atoms with Crippen molar-refractivity contribution in [1.29, 1.82) is 0 Å². The Morgan fingerprint density at radius 1 is 0.885 bits per heavy atom. The van der Waals surface area contributed by atoms with Gasteiger partial charge >= 0.3 is 0 Å². The lowest BCUT2D eigenvalue weighted by atomic mass is 10.1. The van der Waals surface area contributed by atoms with Gasteiger partial charge in [0.2, 0.25) is 0 Å². The van der Waals surface area contributed by atoms with Crippen LogP contribution in [0.3, 0.4) is 0 Å². The molecule has 0 unspecified atom stereocenters. The van der Waals surface area contributed by atoms with Gasteiger partial charge in [-0.2, -0.15) is 0 Å². The summed E-state index contributed by atoms with van der Waals surface area (Å²) in [5.41, 5.74) is 0.456. The molecule has 1 N–H and O–H groups in total. The summed E-state index contributed by atoms with van der Waals surface area (Å²) in [6.07, 6.45) is 0.0133. The predicted octanol–water partition coefficient (Wildman–Crippen LogP) is 4.44. The van der Waals surface area contributed by atoms with Gasteiger partial charge in [-0.05, 0) is 61.0 Å². The van der Waals surface area contributed by atoms with Gasteiger partial charge in [0.15, 0.2) is 0 Å². The molecule has 0 saturated carbocycles. The van der Waals surface area contributed by atoms with Crippen molar-refractivity contribution in [2.75, 3.05) is 11.8 Å². The molecule has 0 radical (unpaired) electrons. The maximum atomic E-state index is 12.7. The monoisotopic (exact) mass is 371 g/mol. The van der Waals surface area contributed by atoms with E-state index in [2.05, 4.69) is 4.72 Å². The molecule has 0 aromatic heterocycles. The molecule has 0 aliphatic carbocycles. The summed E-state index contributed by atoms with van der Waals surface area (Å²) in [6, 6.07) is 17.4. The second kappa shape index (κ2) is 7.25. The Morgan fingerprint density at radius 3 is 2.35 bits per heavy atom. The lowest BCUT2D eigenvalue weighted by Gasteiger charge is -2.13. The third kappa shape index (κ3) is 4.08. The van der Waals surface area contributed by atoms with Crippen LogP contribution in [0, 0.1) is 0 Å². The van der Waals surface area contributed by atoms with Crippen molar-refractivity contribution in [2.24, 2.45) is 0 Å². The van der Waals surface area contributed by atoms with E-state index in [1.54, 1.807) is 55.6 Å². The molecule has 26 heavy (non-hydrogen) atoms. The van der Waals surface area contributed by atoms with Crippen LogP contribution in [0.5, 0.6) is 11.5 Å². The standard InChI is InChI=1S/C20H21NO4S/c1-14(2)25-19-6-4-5-17(13-19)21-26(22,23)20-10-8-15-11-18(24-3)9-7-16(15)12-20/h4-14,21H,1-3H3. The predicted molar refractivity (Wildman–Crippen MR) is 104 cm³/mol. The van der Waals surface area contributed by atoms with Gasteiger partial charge in [0.25, 0.3) is 10.0 Å². The first-order valence-electron chi connectivity index (χ1n) is 8.25. The van der Waals surface area contributed by atoms with Crippen LogP contribution in [0.2, 0.25) is 0 Å². The van der Waals surface area contributed by atoms with Crippen molar-refractivity contribution in [2.45, 2.75) is 24.8 Å². The highest BCUT2D eigenvalue weighted by Gasteiger charge is 2.15. The Morgan fingerprint density at radius 2 is 1.62 bits per heavy atom. The third-order valence-corrected chi connectivity index (χ3v) is 5.17. The molecule has 3 aromatic rings. The van der Waals surface area contributed by atoms with Crippen molar-refractivity contribution in [3.63, 3.8) is 0 Å². The largest absolute Gasteiger partial charge is 0.497 e. The SMILES string of the molecule is COc1ccc2cc(S(=O)(=O)Nc3cccc(OC(C)C)c3)ccc2c1. The van der Waals surface area contributed by atoms with Crippen LogP contribution < -0.4 is 14.2 Å². The van der Waals surface area contributed by atoms with Gasteiger partial charge in [-0.15, -0.1) is 0 Å². The Bertz CT molecular complexity index is 1030. The van der Waals surface area contributed by atoms with Gasteiger partial charge in [-0.1, -0.05) is 18.2 Å². The second-order valence-corrected chi connectivity index (χ2v) is 7.86. The first-order valence-corrected chi connectivity index (χ1v) is 9.73. The summed E-state index contributed by atoms with van der Waals surface area (Å²) >= 11 is 0. The molecule has 0 bridgehead atoms. The van der Waals surface area contributed by atoms with Crippen molar-refractivity contribution < 1.29 is 17.9 Å². The number of ether oxygens (including phenoxy) is 2. The van der Waals surface area contributed by atoms with Crippen LogP contribution in [0.15, 0.2) is 65.6 Å². The van der Waals surface area contributed by atoms with E-state index in [0.717, 1.165) is 16.5 Å². The molecule has 5 nitrogen and oxygen atoms in total. The summed E-state index contributed by atoms with van der Waals surface area (Å²) in [5.74, 6) is 1.35. The number of sulfonamides is 1. The number of nitrogens with one attached hydrogen (secondary N) is 1. The molecule has 0 aliphatic heterocycles. The number of hydrogen-bond acceptors (Lipinski definition) is 4. The third-order valence-electron chi connectivity index (χ3n) is 3.79. The van der Waals surface area contributed by atoms with Crippen LogP contribution in [-0.4, -0.2) is 21.6 Å². The van der Waals surface area contributed by atoms with Crippen molar-refractivity contribution >= 4 is 26.5 Å². The van der Waals surface area contributed by atoms with Gasteiger partial charge < -0.3 is 9.47 Å². The number of fused-ring (bicyclic) bond motifs is 1. The summed E-state index contributed by atoms with van der Waals surface area (Å²) in [6.45, 7) is 3.84. The average molecular weight is 371 g/mol. The molecule has 6 heteroatoms. The van der Waals surface area contributed by atoms with E-state index in [-0.39, 0.29) is 11.0 Å². The maximum Gasteiger partial charge on any atom is 0.261 e. The van der Waals surface area contributed by atoms with Crippen LogP contribution in [0.4, 0.5) is 5.69 Å². The van der Waals surface area contributed by atoms with Crippen LogP contribution >= 0.6 is 0 Å². The van der Waals surface area contributed by atoms with Gasteiger partial charge in [0.1, 0.15) is 11.5 Å². The molecule has 3 rings (SSSR count). The molecule has 0 atom stereocenters. The van der Waals surface area contributed by atoms with E-state index < -0.39 is 10.0 Å². The van der Waals surface area contributed by atoms with Crippen LogP contribution in [0.25, 0.3) is 10.8 Å². The van der Waals surface area contributed by atoms with Crippen molar-refractivity contribution in [3.8, 4) is 11.5 Å². The Hall–Kier alpha value is -2.73. The summed E-state index contributed by atoms with van der Waals surface area (Å²) in [4.78, 5) is 0.199. The first kappa shape index (κ1) is 18.1. The molecule has 0 spiro atoms. The fourth-order valence-electron chi connectivity index (χ4n) is 2.62. The normalized spacial score (nSPS) is 11.5. The smallest absolute Gasteiger partial charge is 0.261 e. The molecule has 136 valence electrons. The fourth-order valence-corrected chi connectivity index (χ4v) is 3.70. The minimum absolute atomic E-state index is 0.0133. The summed E-state index contributed by atoms with van der Waals surface area (Å²) < 4.78 is 38.9. The number of rotatable bonds is 6. The lowest BCUT2D eigenvalue weighted by Crippen LogP contribution is -2.13. The van der Waals surface area contributed by atoms with E-state index >= 15 is 0 Å². The quantitative estimate of drug-likeness (QED) is 0.696. The van der Waals surface area contributed by atoms with Gasteiger partial charge in [0, 0.05) is 6.07 Å². The zero-order valence-corrected chi connectivity index (χ0v) is 15.7. The zero-order valence-electron chi connectivity index (χ0n) is 14.9. The number of hydrogen-bond donors (Lipinski definition) is 1. The maximum absolute atomic E-state index is 12.7. The van der Waals surface area contributed by atoms with Gasteiger partial charge in [-0.3, -0.25) is 4.72 Å². The highest BCUT2D eigenvalue weighted by Crippen LogP contribution is 2.26. The number of anilines is 1. The summed E-state index contributed by atoms with van der Waals surface area (Å²) in [7, 11) is -2.10.